The predicted molar refractivity (Wildman–Crippen MR) is 77.2 cm³/mol. The molecule has 1 aromatic rings. The molecule has 1 atom stereocenters. The van der Waals surface area contributed by atoms with Crippen LogP contribution in [-0.4, -0.2) is 29.9 Å². The first kappa shape index (κ1) is 12.5. The molecule has 1 N–H and O–H groups in total. The lowest BCUT2D eigenvalue weighted by Crippen LogP contribution is -2.49. The van der Waals surface area contributed by atoms with Crippen molar-refractivity contribution in [1.82, 2.24) is 4.90 Å². The number of nitrogens with zero attached hydrogens (tertiary/aromatic N) is 1. The molecule has 1 saturated heterocycles. The average Bonchev–Trinajstić information content (AvgIpc) is 2.80. The van der Waals surface area contributed by atoms with Gasteiger partial charge in [-0.15, -0.1) is 0 Å². The number of anilines is 1. The lowest BCUT2D eigenvalue weighted by Gasteiger charge is -2.39. The second kappa shape index (κ2) is 4.55. The molecule has 3 rings (SSSR count). The number of amides is 1. The van der Waals surface area contributed by atoms with Gasteiger partial charge in [0.1, 0.15) is 6.04 Å². The topological polar surface area (TPSA) is 32.3 Å². The highest BCUT2D eigenvalue weighted by Crippen LogP contribution is 2.31. The number of likely N-dealkylation sites (tertiary alicyclic amines) is 1. The highest BCUT2D eigenvalue weighted by molar-refractivity contribution is 5.87. The Bertz CT molecular complexity index is 470. The zero-order valence-electron chi connectivity index (χ0n) is 11.8. The molecule has 102 valence electrons. The van der Waals surface area contributed by atoms with Crippen LogP contribution >= 0.6 is 0 Å². The molecule has 1 aromatic carbocycles. The molecule has 2 aliphatic heterocycles. The Balaban J connectivity index is 1.70. The van der Waals surface area contributed by atoms with Crippen LogP contribution < -0.4 is 5.32 Å². The standard InChI is InChI=1S/C16H22N2O/c1-16(2)8-5-9-18(11-16)15(19)14-10-12-6-3-4-7-13(12)17-14/h3-4,6-7,14,17H,5,8-11H2,1-2H3. The summed E-state index contributed by atoms with van der Waals surface area (Å²) in [6, 6.07) is 8.16. The molecule has 1 fully saturated rings. The first-order valence-electron chi connectivity index (χ1n) is 7.18. The second-order valence-corrected chi connectivity index (χ2v) is 6.59. The monoisotopic (exact) mass is 258 g/mol. The van der Waals surface area contributed by atoms with Crippen molar-refractivity contribution in [3.05, 3.63) is 29.8 Å². The summed E-state index contributed by atoms with van der Waals surface area (Å²) in [7, 11) is 0. The molecular formula is C16H22N2O. The molecule has 3 heteroatoms. The largest absolute Gasteiger partial charge is 0.373 e. The Morgan fingerprint density at radius 1 is 1.37 bits per heavy atom. The number of carbonyl (C=O) groups excluding carboxylic acids is 1. The maximum absolute atomic E-state index is 12.6. The summed E-state index contributed by atoms with van der Waals surface area (Å²) in [5.74, 6) is 0.268. The number of hydrogen-bond acceptors (Lipinski definition) is 2. The fourth-order valence-corrected chi connectivity index (χ4v) is 3.28. The maximum Gasteiger partial charge on any atom is 0.245 e. The van der Waals surface area contributed by atoms with E-state index in [4.69, 9.17) is 0 Å². The van der Waals surface area contributed by atoms with Crippen LogP contribution in [0.2, 0.25) is 0 Å². The fraction of sp³-hybridized carbons (Fsp3) is 0.562. The van der Waals surface area contributed by atoms with Crippen molar-refractivity contribution >= 4 is 11.6 Å². The first-order chi connectivity index (χ1) is 9.05. The van der Waals surface area contributed by atoms with E-state index in [-0.39, 0.29) is 17.4 Å². The van der Waals surface area contributed by atoms with E-state index < -0.39 is 0 Å². The summed E-state index contributed by atoms with van der Waals surface area (Å²) in [6.45, 7) is 6.31. The molecule has 3 nitrogen and oxygen atoms in total. The summed E-state index contributed by atoms with van der Waals surface area (Å²) in [5, 5.41) is 3.37. The summed E-state index contributed by atoms with van der Waals surface area (Å²) < 4.78 is 0. The Morgan fingerprint density at radius 2 is 2.16 bits per heavy atom. The summed E-state index contributed by atoms with van der Waals surface area (Å²) in [5.41, 5.74) is 2.65. The van der Waals surface area contributed by atoms with Crippen LogP contribution in [0.15, 0.2) is 24.3 Å². The molecular weight excluding hydrogens is 236 g/mol. The van der Waals surface area contributed by atoms with Crippen LogP contribution in [0, 0.1) is 5.41 Å². The lowest BCUT2D eigenvalue weighted by molar-refractivity contribution is -0.134. The van der Waals surface area contributed by atoms with Gasteiger partial charge in [-0.1, -0.05) is 32.0 Å². The average molecular weight is 258 g/mol. The van der Waals surface area contributed by atoms with Crippen molar-refractivity contribution in [3.8, 4) is 0 Å². The van der Waals surface area contributed by atoms with Gasteiger partial charge in [-0.05, 0) is 29.9 Å². The third kappa shape index (κ3) is 2.46. The van der Waals surface area contributed by atoms with E-state index >= 15 is 0 Å². The van der Waals surface area contributed by atoms with Gasteiger partial charge in [0, 0.05) is 25.2 Å². The van der Waals surface area contributed by atoms with Crippen molar-refractivity contribution < 1.29 is 4.79 Å². The van der Waals surface area contributed by atoms with Crippen molar-refractivity contribution in [1.29, 1.82) is 0 Å². The van der Waals surface area contributed by atoms with E-state index in [9.17, 15) is 4.79 Å². The number of piperidine rings is 1. The van der Waals surface area contributed by atoms with E-state index in [0.29, 0.717) is 0 Å². The SMILES string of the molecule is CC1(C)CCCN(C(=O)C2Cc3ccccc3N2)C1. The number of nitrogens with one attached hydrogen (secondary N) is 1. The van der Waals surface area contributed by atoms with Crippen molar-refractivity contribution in [2.75, 3.05) is 18.4 Å². The van der Waals surface area contributed by atoms with Gasteiger partial charge >= 0.3 is 0 Å². The molecule has 0 bridgehead atoms. The number of fused-ring (bicyclic) bond motifs is 1. The Kier molecular flexibility index (Phi) is 3.00. The van der Waals surface area contributed by atoms with Crippen LogP contribution in [0.1, 0.15) is 32.3 Å². The van der Waals surface area contributed by atoms with Crippen LogP contribution in [0.5, 0.6) is 0 Å². The van der Waals surface area contributed by atoms with Gasteiger partial charge in [0.05, 0.1) is 0 Å². The van der Waals surface area contributed by atoms with E-state index in [1.165, 1.54) is 12.0 Å². The van der Waals surface area contributed by atoms with Crippen LogP contribution in [-0.2, 0) is 11.2 Å². The number of benzene rings is 1. The highest BCUT2D eigenvalue weighted by atomic mass is 16.2. The van der Waals surface area contributed by atoms with Gasteiger partial charge in [-0.3, -0.25) is 4.79 Å². The van der Waals surface area contributed by atoms with Crippen LogP contribution in [0.4, 0.5) is 5.69 Å². The van der Waals surface area contributed by atoms with Gasteiger partial charge < -0.3 is 10.2 Å². The van der Waals surface area contributed by atoms with Crippen molar-refractivity contribution in [2.45, 2.75) is 39.2 Å². The molecule has 2 aliphatic rings. The van der Waals surface area contributed by atoms with E-state index in [1.54, 1.807) is 0 Å². The number of rotatable bonds is 1. The van der Waals surface area contributed by atoms with Crippen LogP contribution in [0.25, 0.3) is 0 Å². The number of hydrogen-bond donors (Lipinski definition) is 1. The minimum absolute atomic E-state index is 0.0636. The normalized spacial score (nSPS) is 24.7. The molecule has 2 heterocycles. The molecule has 0 aromatic heterocycles. The van der Waals surface area contributed by atoms with Crippen molar-refractivity contribution in [3.63, 3.8) is 0 Å². The maximum atomic E-state index is 12.6. The van der Waals surface area contributed by atoms with E-state index in [1.807, 2.05) is 17.0 Å². The highest BCUT2D eigenvalue weighted by Gasteiger charge is 2.34. The molecule has 1 unspecified atom stereocenters. The summed E-state index contributed by atoms with van der Waals surface area (Å²) >= 11 is 0. The Labute approximate surface area is 115 Å². The van der Waals surface area contributed by atoms with Crippen LogP contribution in [0.3, 0.4) is 0 Å². The second-order valence-electron chi connectivity index (χ2n) is 6.59. The first-order valence-corrected chi connectivity index (χ1v) is 7.18. The molecule has 1 amide bonds. The van der Waals surface area contributed by atoms with Gasteiger partial charge in [-0.25, -0.2) is 0 Å². The van der Waals surface area contributed by atoms with E-state index in [2.05, 4.69) is 31.3 Å². The smallest absolute Gasteiger partial charge is 0.245 e. The fourth-order valence-electron chi connectivity index (χ4n) is 3.28. The Morgan fingerprint density at radius 3 is 2.89 bits per heavy atom. The minimum atomic E-state index is -0.0636. The summed E-state index contributed by atoms with van der Waals surface area (Å²) in [4.78, 5) is 14.7. The third-order valence-electron chi connectivity index (χ3n) is 4.28. The Hall–Kier alpha value is -1.51. The van der Waals surface area contributed by atoms with Gasteiger partial charge in [0.15, 0.2) is 0 Å². The molecule has 0 radical (unpaired) electrons. The third-order valence-corrected chi connectivity index (χ3v) is 4.28. The molecule has 0 saturated carbocycles. The zero-order chi connectivity index (χ0) is 13.5. The minimum Gasteiger partial charge on any atom is -0.373 e. The van der Waals surface area contributed by atoms with Gasteiger partial charge in [0.25, 0.3) is 0 Å². The predicted octanol–water partition coefficient (Wildman–Crippen LogP) is 2.67. The van der Waals surface area contributed by atoms with Gasteiger partial charge in [0.2, 0.25) is 5.91 Å². The van der Waals surface area contributed by atoms with E-state index in [0.717, 1.165) is 31.6 Å². The molecule has 0 spiro atoms. The number of para-hydroxylation sites is 1. The molecule has 0 aliphatic carbocycles. The lowest BCUT2D eigenvalue weighted by atomic mass is 9.84. The zero-order valence-corrected chi connectivity index (χ0v) is 11.8. The van der Waals surface area contributed by atoms with Crippen molar-refractivity contribution in [2.24, 2.45) is 5.41 Å². The van der Waals surface area contributed by atoms with Gasteiger partial charge in [-0.2, -0.15) is 0 Å². The molecule has 19 heavy (non-hydrogen) atoms. The number of carbonyl (C=O) groups is 1. The quantitative estimate of drug-likeness (QED) is 0.840. The summed E-state index contributed by atoms with van der Waals surface area (Å²) in [6.07, 6.45) is 3.17.